The lowest BCUT2D eigenvalue weighted by molar-refractivity contribution is -0.138. The van der Waals surface area contributed by atoms with Gasteiger partial charge in [-0.3, -0.25) is 14.4 Å². The van der Waals surface area contributed by atoms with Crippen LogP contribution in [0.15, 0.2) is 18.2 Å². The molecule has 0 spiro atoms. The van der Waals surface area contributed by atoms with Crippen molar-refractivity contribution in [3.05, 3.63) is 18.2 Å². The molecule has 1 aromatic rings. The van der Waals surface area contributed by atoms with Crippen molar-refractivity contribution >= 4 is 23.4 Å². The van der Waals surface area contributed by atoms with E-state index in [1.54, 1.807) is 40.0 Å². The minimum Gasteiger partial charge on any atom is -0.493 e. The number of anilines is 1. The van der Waals surface area contributed by atoms with Crippen LogP contribution in [0, 0.1) is 0 Å². The SMILES string of the molecule is COc1ccc(N(CCC(=O)N2CCN(C(C)=O)CC2)C(C)=O)cc1OC. The lowest BCUT2D eigenvalue weighted by Crippen LogP contribution is -2.50. The van der Waals surface area contributed by atoms with Crippen molar-refractivity contribution in [1.82, 2.24) is 9.80 Å². The van der Waals surface area contributed by atoms with E-state index in [4.69, 9.17) is 9.47 Å². The lowest BCUT2D eigenvalue weighted by atomic mass is 10.2. The lowest BCUT2D eigenvalue weighted by Gasteiger charge is -2.34. The highest BCUT2D eigenvalue weighted by Gasteiger charge is 2.23. The van der Waals surface area contributed by atoms with Crippen LogP contribution in [-0.2, 0) is 14.4 Å². The molecule has 3 amide bonds. The van der Waals surface area contributed by atoms with Crippen LogP contribution in [0.25, 0.3) is 0 Å². The van der Waals surface area contributed by atoms with Gasteiger partial charge in [0.2, 0.25) is 17.7 Å². The Morgan fingerprint density at radius 3 is 2.07 bits per heavy atom. The minimum absolute atomic E-state index is 0.0232. The molecule has 1 saturated heterocycles. The minimum atomic E-state index is -0.156. The Morgan fingerprint density at radius 1 is 0.963 bits per heavy atom. The van der Waals surface area contributed by atoms with Crippen LogP contribution >= 0.6 is 0 Å². The highest BCUT2D eigenvalue weighted by molar-refractivity contribution is 5.92. The smallest absolute Gasteiger partial charge is 0.224 e. The zero-order valence-corrected chi connectivity index (χ0v) is 16.4. The van der Waals surface area contributed by atoms with Crippen molar-refractivity contribution < 1.29 is 23.9 Å². The maximum absolute atomic E-state index is 12.5. The molecule has 0 radical (unpaired) electrons. The molecule has 8 heteroatoms. The number of methoxy groups -OCH3 is 2. The molecular formula is C19H27N3O5. The van der Waals surface area contributed by atoms with Crippen LogP contribution in [0.5, 0.6) is 11.5 Å². The number of benzene rings is 1. The second-order valence-corrected chi connectivity index (χ2v) is 6.35. The third-order valence-corrected chi connectivity index (χ3v) is 4.69. The highest BCUT2D eigenvalue weighted by Crippen LogP contribution is 2.31. The summed E-state index contributed by atoms with van der Waals surface area (Å²) in [7, 11) is 3.08. The Morgan fingerprint density at radius 2 is 1.56 bits per heavy atom. The second kappa shape index (κ2) is 9.25. The summed E-state index contributed by atoms with van der Waals surface area (Å²) in [6.07, 6.45) is 0.216. The third-order valence-electron chi connectivity index (χ3n) is 4.69. The van der Waals surface area contributed by atoms with E-state index < -0.39 is 0 Å². The summed E-state index contributed by atoms with van der Waals surface area (Å²) in [5, 5.41) is 0. The number of rotatable bonds is 6. The van der Waals surface area contributed by atoms with Gasteiger partial charge in [0.1, 0.15) is 0 Å². The van der Waals surface area contributed by atoms with Crippen LogP contribution in [0.1, 0.15) is 20.3 Å². The molecule has 1 fully saturated rings. The van der Waals surface area contributed by atoms with Gasteiger partial charge >= 0.3 is 0 Å². The molecular weight excluding hydrogens is 350 g/mol. The number of amides is 3. The molecule has 0 N–H and O–H groups in total. The molecule has 0 atom stereocenters. The van der Waals surface area contributed by atoms with Gasteiger partial charge in [-0.2, -0.15) is 0 Å². The van der Waals surface area contributed by atoms with Crippen molar-refractivity contribution in [2.24, 2.45) is 0 Å². The highest BCUT2D eigenvalue weighted by atomic mass is 16.5. The van der Waals surface area contributed by atoms with Crippen LogP contribution in [0.3, 0.4) is 0 Å². The van der Waals surface area contributed by atoms with Crippen molar-refractivity contribution in [3.63, 3.8) is 0 Å². The Kier molecular flexibility index (Phi) is 7.04. The molecule has 1 aromatic carbocycles. The molecule has 0 aliphatic carbocycles. The number of ether oxygens (including phenoxy) is 2. The van der Waals surface area contributed by atoms with Gasteiger partial charge in [0.05, 0.1) is 14.2 Å². The van der Waals surface area contributed by atoms with E-state index in [9.17, 15) is 14.4 Å². The Hall–Kier alpha value is -2.77. The molecule has 1 aliphatic rings. The molecule has 8 nitrogen and oxygen atoms in total. The Bertz CT molecular complexity index is 699. The number of piperazine rings is 1. The number of carbonyl (C=O) groups excluding carboxylic acids is 3. The normalized spacial score (nSPS) is 13.9. The zero-order chi connectivity index (χ0) is 20.0. The quantitative estimate of drug-likeness (QED) is 0.743. The molecule has 1 heterocycles. The van der Waals surface area contributed by atoms with Gasteiger partial charge < -0.3 is 24.2 Å². The average Bonchev–Trinajstić information content (AvgIpc) is 2.67. The van der Waals surface area contributed by atoms with E-state index in [0.29, 0.717) is 43.4 Å². The van der Waals surface area contributed by atoms with Crippen molar-refractivity contribution in [3.8, 4) is 11.5 Å². The Labute approximate surface area is 159 Å². The van der Waals surface area contributed by atoms with Crippen molar-refractivity contribution in [2.75, 3.05) is 51.8 Å². The van der Waals surface area contributed by atoms with Gasteiger partial charge in [-0.05, 0) is 12.1 Å². The maximum atomic E-state index is 12.5. The third kappa shape index (κ3) is 5.12. The number of carbonyl (C=O) groups is 3. The number of hydrogen-bond donors (Lipinski definition) is 0. The van der Waals surface area contributed by atoms with Crippen LogP contribution in [-0.4, -0.2) is 74.5 Å². The molecule has 148 valence electrons. The fourth-order valence-electron chi connectivity index (χ4n) is 3.10. The maximum Gasteiger partial charge on any atom is 0.224 e. The topological polar surface area (TPSA) is 79.4 Å². The zero-order valence-electron chi connectivity index (χ0n) is 16.4. The second-order valence-electron chi connectivity index (χ2n) is 6.35. The van der Waals surface area contributed by atoms with Crippen LogP contribution in [0.4, 0.5) is 5.69 Å². The van der Waals surface area contributed by atoms with Gasteiger partial charge in [-0.1, -0.05) is 0 Å². The molecule has 0 bridgehead atoms. The van der Waals surface area contributed by atoms with Crippen molar-refractivity contribution in [2.45, 2.75) is 20.3 Å². The first kappa shape index (κ1) is 20.5. The average molecular weight is 377 g/mol. The monoisotopic (exact) mass is 377 g/mol. The van der Waals surface area contributed by atoms with Gasteiger partial charge in [-0.25, -0.2) is 0 Å². The molecule has 0 saturated carbocycles. The first-order chi connectivity index (χ1) is 12.9. The first-order valence-electron chi connectivity index (χ1n) is 8.90. The molecule has 1 aliphatic heterocycles. The summed E-state index contributed by atoms with van der Waals surface area (Å²) in [6, 6.07) is 5.21. The number of nitrogens with zero attached hydrogens (tertiary/aromatic N) is 3. The van der Waals surface area contributed by atoms with Gasteiger partial charge in [0.25, 0.3) is 0 Å². The van der Waals surface area contributed by atoms with E-state index in [0.717, 1.165) is 0 Å². The van der Waals surface area contributed by atoms with Gasteiger partial charge in [0.15, 0.2) is 11.5 Å². The van der Waals surface area contributed by atoms with Gasteiger partial charge in [0, 0.05) is 64.7 Å². The standard InChI is InChI=1S/C19H27N3O5/c1-14(23)20-9-11-21(12-10-20)19(25)7-8-22(15(2)24)16-5-6-17(26-3)18(13-16)27-4/h5-6,13H,7-12H2,1-4H3. The van der Waals surface area contributed by atoms with E-state index in [-0.39, 0.29) is 30.7 Å². The molecule has 0 aromatic heterocycles. The summed E-state index contributed by atoms with van der Waals surface area (Å²) in [5.74, 6) is 0.941. The van der Waals surface area contributed by atoms with Crippen LogP contribution < -0.4 is 14.4 Å². The van der Waals surface area contributed by atoms with E-state index in [1.165, 1.54) is 21.0 Å². The predicted molar refractivity (Wildman–Crippen MR) is 101 cm³/mol. The molecule has 0 unspecified atom stereocenters. The van der Waals surface area contributed by atoms with Crippen molar-refractivity contribution in [1.29, 1.82) is 0 Å². The molecule has 2 rings (SSSR count). The summed E-state index contributed by atoms with van der Waals surface area (Å²) < 4.78 is 10.5. The summed E-state index contributed by atoms with van der Waals surface area (Å²) in [6.45, 7) is 5.42. The number of hydrogen-bond acceptors (Lipinski definition) is 5. The predicted octanol–water partition coefficient (Wildman–Crippen LogP) is 1.14. The van der Waals surface area contributed by atoms with Crippen LogP contribution in [0.2, 0.25) is 0 Å². The summed E-state index contributed by atoms with van der Waals surface area (Å²) >= 11 is 0. The first-order valence-corrected chi connectivity index (χ1v) is 8.90. The molecule has 27 heavy (non-hydrogen) atoms. The fraction of sp³-hybridized carbons (Fsp3) is 0.526. The summed E-state index contributed by atoms with van der Waals surface area (Å²) in [4.78, 5) is 41.0. The Balaban J connectivity index is 2.00. The van der Waals surface area contributed by atoms with E-state index in [1.807, 2.05) is 0 Å². The summed E-state index contributed by atoms with van der Waals surface area (Å²) in [5.41, 5.74) is 0.648. The van der Waals surface area contributed by atoms with E-state index >= 15 is 0 Å². The van der Waals surface area contributed by atoms with E-state index in [2.05, 4.69) is 0 Å². The fourth-order valence-corrected chi connectivity index (χ4v) is 3.10. The van der Waals surface area contributed by atoms with Gasteiger partial charge in [-0.15, -0.1) is 0 Å². The largest absolute Gasteiger partial charge is 0.493 e.